The van der Waals surface area contributed by atoms with E-state index in [4.69, 9.17) is 4.74 Å². The van der Waals surface area contributed by atoms with Gasteiger partial charge in [0.25, 0.3) is 0 Å². The van der Waals surface area contributed by atoms with Gasteiger partial charge in [0.05, 0.1) is 24.4 Å². The quantitative estimate of drug-likeness (QED) is 0.845. The summed E-state index contributed by atoms with van der Waals surface area (Å²) in [5.41, 5.74) is 3.38. The SMILES string of the molecule is CC[C@@]1(C)CN(C(=O)NCCCc2c(C)nn(C)c2C)CCO1. The predicted molar refractivity (Wildman–Crippen MR) is 90.6 cm³/mol. The van der Waals surface area contributed by atoms with Crippen molar-refractivity contribution in [1.82, 2.24) is 20.0 Å². The zero-order valence-electron chi connectivity index (χ0n) is 15.1. The van der Waals surface area contributed by atoms with E-state index in [1.807, 2.05) is 23.6 Å². The largest absolute Gasteiger partial charge is 0.372 e. The van der Waals surface area contributed by atoms with E-state index in [1.54, 1.807) is 0 Å². The van der Waals surface area contributed by atoms with E-state index in [0.29, 0.717) is 26.2 Å². The number of nitrogens with one attached hydrogen (secondary N) is 1. The molecule has 1 N–H and O–H groups in total. The summed E-state index contributed by atoms with van der Waals surface area (Å²) in [7, 11) is 1.97. The maximum atomic E-state index is 12.3. The molecule has 0 spiro atoms. The molecule has 0 aliphatic carbocycles. The van der Waals surface area contributed by atoms with Gasteiger partial charge in [0.15, 0.2) is 0 Å². The van der Waals surface area contributed by atoms with Gasteiger partial charge in [-0.1, -0.05) is 6.92 Å². The van der Waals surface area contributed by atoms with Crippen molar-refractivity contribution >= 4 is 6.03 Å². The molecule has 2 rings (SSSR count). The number of amides is 2. The number of aromatic nitrogens is 2. The fourth-order valence-corrected chi connectivity index (χ4v) is 3.07. The zero-order chi connectivity index (χ0) is 17.0. The van der Waals surface area contributed by atoms with E-state index < -0.39 is 0 Å². The average molecular weight is 322 g/mol. The van der Waals surface area contributed by atoms with Crippen molar-refractivity contribution in [2.24, 2.45) is 7.05 Å². The fourth-order valence-electron chi connectivity index (χ4n) is 3.07. The van der Waals surface area contributed by atoms with Crippen molar-refractivity contribution < 1.29 is 9.53 Å². The highest BCUT2D eigenvalue weighted by Crippen LogP contribution is 2.21. The molecular formula is C17H30N4O2. The molecule has 0 aromatic carbocycles. The highest BCUT2D eigenvalue weighted by atomic mass is 16.5. The number of hydrogen-bond donors (Lipinski definition) is 1. The Labute approximate surface area is 139 Å². The van der Waals surface area contributed by atoms with Crippen LogP contribution in [0.2, 0.25) is 0 Å². The lowest BCUT2D eigenvalue weighted by atomic mass is 10.0. The third kappa shape index (κ3) is 4.25. The summed E-state index contributed by atoms with van der Waals surface area (Å²) >= 11 is 0. The van der Waals surface area contributed by atoms with Gasteiger partial charge in [-0.2, -0.15) is 5.10 Å². The Hall–Kier alpha value is -1.56. The Morgan fingerprint density at radius 2 is 2.17 bits per heavy atom. The first-order valence-electron chi connectivity index (χ1n) is 8.52. The molecule has 1 atom stereocenters. The summed E-state index contributed by atoms with van der Waals surface area (Å²) in [6, 6.07) is 0.0209. The van der Waals surface area contributed by atoms with E-state index in [-0.39, 0.29) is 11.6 Å². The van der Waals surface area contributed by atoms with Gasteiger partial charge in [-0.15, -0.1) is 0 Å². The van der Waals surface area contributed by atoms with Crippen LogP contribution in [0.1, 0.15) is 43.6 Å². The third-order valence-electron chi connectivity index (χ3n) is 4.91. The molecule has 6 heteroatoms. The maximum Gasteiger partial charge on any atom is 0.317 e. The minimum absolute atomic E-state index is 0.0209. The van der Waals surface area contributed by atoms with E-state index in [2.05, 4.69) is 31.2 Å². The molecule has 0 saturated carbocycles. The molecule has 0 bridgehead atoms. The first-order chi connectivity index (χ1) is 10.9. The summed E-state index contributed by atoms with van der Waals surface area (Å²) in [6.45, 7) is 10.9. The van der Waals surface area contributed by atoms with Crippen LogP contribution in [0.15, 0.2) is 0 Å². The first kappa shape index (κ1) is 17.8. The van der Waals surface area contributed by atoms with Crippen molar-refractivity contribution in [2.45, 2.75) is 52.6 Å². The van der Waals surface area contributed by atoms with Gasteiger partial charge in [0.1, 0.15) is 0 Å². The van der Waals surface area contributed by atoms with Crippen LogP contribution in [0.5, 0.6) is 0 Å². The first-order valence-corrected chi connectivity index (χ1v) is 8.52. The zero-order valence-corrected chi connectivity index (χ0v) is 15.1. The van der Waals surface area contributed by atoms with Crippen LogP contribution in [-0.4, -0.2) is 52.6 Å². The average Bonchev–Trinajstić information content (AvgIpc) is 2.77. The normalized spacial score (nSPS) is 21.5. The second-order valence-electron chi connectivity index (χ2n) is 6.68. The lowest BCUT2D eigenvalue weighted by molar-refractivity contribution is -0.0872. The van der Waals surface area contributed by atoms with Crippen LogP contribution in [0, 0.1) is 13.8 Å². The van der Waals surface area contributed by atoms with Crippen LogP contribution < -0.4 is 5.32 Å². The van der Waals surface area contributed by atoms with Gasteiger partial charge in [0, 0.05) is 25.8 Å². The van der Waals surface area contributed by atoms with E-state index in [9.17, 15) is 4.79 Å². The Morgan fingerprint density at radius 1 is 1.43 bits per heavy atom. The van der Waals surface area contributed by atoms with Crippen molar-refractivity contribution in [1.29, 1.82) is 0 Å². The predicted octanol–water partition coefficient (Wildman–Crippen LogP) is 2.18. The molecule has 130 valence electrons. The van der Waals surface area contributed by atoms with Gasteiger partial charge in [-0.3, -0.25) is 4.68 Å². The van der Waals surface area contributed by atoms with Crippen molar-refractivity contribution in [3.8, 4) is 0 Å². The van der Waals surface area contributed by atoms with E-state index in [0.717, 1.165) is 25.0 Å². The molecule has 1 aromatic heterocycles. The number of carbonyl (C=O) groups excluding carboxylic acids is 1. The van der Waals surface area contributed by atoms with E-state index >= 15 is 0 Å². The number of hydrogen-bond acceptors (Lipinski definition) is 3. The molecule has 1 aliphatic rings. The number of morpholine rings is 1. The second-order valence-corrected chi connectivity index (χ2v) is 6.68. The minimum atomic E-state index is -0.209. The Morgan fingerprint density at radius 3 is 2.78 bits per heavy atom. The number of urea groups is 1. The Balaban J connectivity index is 1.77. The molecular weight excluding hydrogens is 292 g/mol. The van der Waals surface area contributed by atoms with Gasteiger partial charge in [-0.05, 0) is 45.6 Å². The number of carbonyl (C=O) groups is 1. The summed E-state index contributed by atoms with van der Waals surface area (Å²) in [4.78, 5) is 14.2. The monoisotopic (exact) mass is 322 g/mol. The highest BCUT2D eigenvalue weighted by molar-refractivity contribution is 5.74. The number of nitrogens with zero attached hydrogens (tertiary/aromatic N) is 3. The molecule has 2 amide bonds. The molecule has 1 fully saturated rings. The summed E-state index contributed by atoms with van der Waals surface area (Å²) < 4.78 is 7.70. The van der Waals surface area contributed by atoms with Gasteiger partial charge in [0.2, 0.25) is 0 Å². The molecule has 6 nitrogen and oxygen atoms in total. The molecule has 23 heavy (non-hydrogen) atoms. The molecule has 1 aromatic rings. The molecule has 1 aliphatic heterocycles. The third-order valence-corrected chi connectivity index (χ3v) is 4.91. The number of aryl methyl sites for hydroxylation is 2. The smallest absolute Gasteiger partial charge is 0.317 e. The number of ether oxygens (including phenoxy) is 1. The molecule has 1 saturated heterocycles. The van der Waals surface area contributed by atoms with Crippen molar-refractivity contribution in [3.63, 3.8) is 0 Å². The molecule has 0 unspecified atom stereocenters. The van der Waals surface area contributed by atoms with Crippen LogP contribution >= 0.6 is 0 Å². The van der Waals surface area contributed by atoms with E-state index in [1.165, 1.54) is 11.3 Å². The lowest BCUT2D eigenvalue weighted by Gasteiger charge is -2.39. The fraction of sp³-hybridized carbons (Fsp3) is 0.765. The van der Waals surface area contributed by atoms with Gasteiger partial charge < -0.3 is 15.0 Å². The second kappa shape index (κ2) is 7.34. The van der Waals surface area contributed by atoms with Crippen LogP contribution in [0.4, 0.5) is 4.79 Å². The summed E-state index contributed by atoms with van der Waals surface area (Å²) in [5, 5.41) is 7.46. The highest BCUT2D eigenvalue weighted by Gasteiger charge is 2.32. The van der Waals surface area contributed by atoms with Crippen molar-refractivity contribution in [3.05, 3.63) is 17.0 Å². The maximum absolute atomic E-state index is 12.3. The summed E-state index contributed by atoms with van der Waals surface area (Å²) in [5.74, 6) is 0. The topological polar surface area (TPSA) is 59.4 Å². The number of rotatable bonds is 5. The standard InChI is InChI=1S/C17H30N4O2/c1-6-17(4)12-21(10-11-23-17)16(22)18-9-7-8-15-13(2)19-20(5)14(15)3/h6-12H2,1-5H3,(H,18,22)/t17-/m0/s1. The van der Waals surface area contributed by atoms with Crippen LogP contribution in [0.25, 0.3) is 0 Å². The lowest BCUT2D eigenvalue weighted by Crippen LogP contribution is -2.54. The van der Waals surface area contributed by atoms with Crippen LogP contribution in [0.3, 0.4) is 0 Å². The minimum Gasteiger partial charge on any atom is -0.372 e. The van der Waals surface area contributed by atoms with Gasteiger partial charge >= 0.3 is 6.03 Å². The Kier molecular flexibility index (Phi) is 5.68. The van der Waals surface area contributed by atoms with Gasteiger partial charge in [-0.25, -0.2) is 4.79 Å². The Bertz CT molecular complexity index is 555. The molecule has 2 heterocycles. The van der Waals surface area contributed by atoms with Crippen LogP contribution in [-0.2, 0) is 18.2 Å². The summed E-state index contributed by atoms with van der Waals surface area (Å²) in [6.07, 6.45) is 2.78. The molecule has 0 radical (unpaired) electrons. The van der Waals surface area contributed by atoms with Crippen molar-refractivity contribution in [2.75, 3.05) is 26.2 Å².